The zero-order valence-corrected chi connectivity index (χ0v) is 17.6. The van der Waals surface area contributed by atoms with E-state index in [1.54, 1.807) is 43.3 Å². The number of amides is 2. The molecule has 0 aliphatic carbocycles. The van der Waals surface area contributed by atoms with Crippen molar-refractivity contribution in [1.29, 1.82) is 0 Å². The summed E-state index contributed by atoms with van der Waals surface area (Å²) >= 11 is 5.99. The quantitative estimate of drug-likeness (QED) is 0.564. The van der Waals surface area contributed by atoms with Gasteiger partial charge in [-0.05, 0) is 61.4 Å². The van der Waals surface area contributed by atoms with Crippen LogP contribution in [0.2, 0.25) is 5.02 Å². The number of nitrogens with one attached hydrogen (secondary N) is 2. The smallest absolute Gasteiger partial charge is 0.265 e. The third-order valence-corrected chi connectivity index (χ3v) is 4.79. The summed E-state index contributed by atoms with van der Waals surface area (Å²) in [5.74, 6) is 0.0396. The van der Waals surface area contributed by atoms with Crippen LogP contribution in [-0.4, -0.2) is 17.9 Å². The number of anilines is 1. The fourth-order valence-electron chi connectivity index (χ4n) is 2.79. The molecule has 0 bridgehead atoms. The largest absolute Gasteiger partial charge is 0.481 e. The number of hydrogen-bond acceptors (Lipinski definition) is 3. The van der Waals surface area contributed by atoms with Crippen LogP contribution in [0.1, 0.15) is 28.4 Å². The van der Waals surface area contributed by atoms with E-state index in [4.69, 9.17) is 16.3 Å². The Balaban J connectivity index is 1.54. The van der Waals surface area contributed by atoms with Crippen molar-refractivity contribution in [2.45, 2.75) is 26.5 Å². The first-order valence-corrected chi connectivity index (χ1v) is 9.96. The molecule has 5 nitrogen and oxygen atoms in total. The third-order valence-electron chi connectivity index (χ3n) is 4.55. The second-order valence-electron chi connectivity index (χ2n) is 6.90. The van der Waals surface area contributed by atoms with E-state index < -0.39 is 6.10 Å². The average Bonchev–Trinajstić information content (AvgIpc) is 2.75. The number of ether oxygens (including phenoxy) is 1. The lowest BCUT2D eigenvalue weighted by atomic mass is 10.2. The van der Waals surface area contributed by atoms with E-state index in [0.717, 1.165) is 11.1 Å². The van der Waals surface area contributed by atoms with E-state index in [0.29, 0.717) is 28.6 Å². The molecule has 154 valence electrons. The van der Waals surface area contributed by atoms with Crippen LogP contribution in [-0.2, 0) is 11.3 Å². The maximum Gasteiger partial charge on any atom is 0.265 e. The van der Waals surface area contributed by atoms with Crippen LogP contribution in [0.15, 0.2) is 72.8 Å². The van der Waals surface area contributed by atoms with Gasteiger partial charge in [-0.15, -0.1) is 0 Å². The number of rotatable bonds is 7. The van der Waals surface area contributed by atoms with Crippen LogP contribution in [0.5, 0.6) is 5.75 Å². The van der Waals surface area contributed by atoms with Crippen molar-refractivity contribution < 1.29 is 14.3 Å². The van der Waals surface area contributed by atoms with Gasteiger partial charge >= 0.3 is 0 Å². The van der Waals surface area contributed by atoms with E-state index in [1.807, 2.05) is 43.3 Å². The SMILES string of the molecule is Cc1ccc(Cl)cc1NC(=O)C(C)Oc1ccc(C(=O)NCc2ccccc2)cc1. The number of carbonyl (C=O) groups is 2. The summed E-state index contributed by atoms with van der Waals surface area (Å²) in [6.45, 7) is 4.01. The van der Waals surface area contributed by atoms with E-state index in [2.05, 4.69) is 10.6 Å². The molecule has 30 heavy (non-hydrogen) atoms. The van der Waals surface area contributed by atoms with Crippen molar-refractivity contribution in [3.63, 3.8) is 0 Å². The van der Waals surface area contributed by atoms with Crippen molar-refractivity contribution in [3.8, 4) is 5.75 Å². The number of hydrogen-bond donors (Lipinski definition) is 2. The Morgan fingerprint density at radius 1 is 1.00 bits per heavy atom. The fourth-order valence-corrected chi connectivity index (χ4v) is 2.96. The van der Waals surface area contributed by atoms with Gasteiger partial charge in [-0.2, -0.15) is 0 Å². The van der Waals surface area contributed by atoms with Crippen molar-refractivity contribution in [3.05, 3.63) is 94.5 Å². The highest BCUT2D eigenvalue weighted by Crippen LogP contribution is 2.21. The monoisotopic (exact) mass is 422 g/mol. The van der Waals surface area contributed by atoms with Crippen molar-refractivity contribution in [1.82, 2.24) is 5.32 Å². The van der Waals surface area contributed by atoms with Crippen molar-refractivity contribution >= 4 is 29.1 Å². The molecule has 3 rings (SSSR count). The molecular formula is C24H23ClN2O3. The Hall–Kier alpha value is -3.31. The maximum absolute atomic E-state index is 12.4. The minimum Gasteiger partial charge on any atom is -0.481 e. The molecule has 2 N–H and O–H groups in total. The summed E-state index contributed by atoms with van der Waals surface area (Å²) in [6, 6.07) is 21.7. The summed E-state index contributed by atoms with van der Waals surface area (Å²) in [4.78, 5) is 24.7. The molecule has 3 aromatic carbocycles. The lowest BCUT2D eigenvalue weighted by Gasteiger charge is -2.16. The van der Waals surface area contributed by atoms with Gasteiger partial charge in [0.15, 0.2) is 6.10 Å². The average molecular weight is 423 g/mol. The molecule has 6 heteroatoms. The molecule has 1 unspecified atom stereocenters. The molecule has 0 radical (unpaired) electrons. The molecule has 0 heterocycles. The molecule has 2 amide bonds. The number of benzene rings is 3. The van der Waals surface area contributed by atoms with Gasteiger partial charge in [0, 0.05) is 22.8 Å². The standard InChI is InChI=1S/C24H23ClN2O3/c1-16-8-11-20(25)14-22(16)27-23(28)17(2)30-21-12-9-19(10-13-21)24(29)26-15-18-6-4-3-5-7-18/h3-14,17H,15H2,1-2H3,(H,26,29)(H,27,28). The molecule has 0 aromatic heterocycles. The summed E-state index contributed by atoms with van der Waals surface area (Å²) in [6.07, 6.45) is -0.721. The van der Waals surface area contributed by atoms with Gasteiger partial charge in [0.05, 0.1) is 0 Å². The fraction of sp³-hybridized carbons (Fsp3) is 0.167. The highest BCUT2D eigenvalue weighted by molar-refractivity contribution is 6.31. The van der Waals surface area contributed by atoms with Crippen molar-refractivity contribution in [2.24, 2.45) is 0 Å². The first-order valence-electron chi connectivity index (χ1n) is 9.58. The number of aryl methyl sites for hydroxylation is 1. The lowest BCUT2D eigenvalue weighted by molar-refractivity contribution is -0.122. The van der Waals surface area contributed by atoms with Gasteiger partial charge in [0.25, 0.3) is 11.8 Å². The molecule has 3 aromatic rings. The molecule has 0 fully saturated rings. The Labute approximate surface area is 181 Å². The lowest BCUT2D eigenvalue weighted by Crippen LogP contribution is -2.30. The van der Waals surface area contributed by atoms with Gasteiger partial charge in [-0.3, -0.25) is 9.59 Å². The van der Waals surface area contributed by atoms with Gasteiger partial charge in [0.2, 0.25) is 0 Å². The molecule has 0 spiro atoms. The topological polar surface area (TPSA) is 67.4 Å². The van der Waals surface area contributed by atoms with E-state index in [9.17, 15) is 9.59 Å². The van der Waals surface area contributed by atoms with Gasteiger partial charge < -0.3 is 15.4 Å². The summed E-state index contributed by atoms with van der Waals surface area (Å²) in [7, 11) is 0. The summed E-state index contributed by atoms with van der Waals surface area (Å²) in [5.41, 5.74) is 3.10. The summed E-state index contributed by atoms with van der Waals surface area (Å²) < 4.78 is 5.71. The molecule has 0 saturated carbocycles. The van der Waals surface area contributed by atoms with Crippen LogP contribution >= 0.6 is 11.6 Å². The molecule has 0 saturated heterocycles. The third kappa shape index (κ3) is 5.84. The normalized spacial score (nSPS) is 11.4. The molecule has 0 aliphatic heterocycles. The Morgan fingerprint density at radius 2 is 1.70 bits per heavy atom. The number of halogens is 1. The predicted molar refractivity (Wildman–Crippen MR) is 119 cm³/mol. The second kappa shape index (κ2) is 9.94. The Kier molecular flexibility index (Phi) is 7.09. The first kappa shape index (κ1) is 21.4. The van der Waals surface area contributed by atoms with Crippen LogP contribution < -0.4 is 15.4 Å². The highest BCUT2D eigenvalue weighted by Gasteiger charge is 2.16. The number of carbonyl (C=O) groups excluding carboxylic acids is 2. The zero-order chi connectivity index (χ0) is 21.5. The summed E-state index contributed by atoms with van der Waals surface area (Å²) in [5, 5.41) is 6.24. The van der Waals surface area contributed by atoms with Gasteiger partial charge in [-0.1, -0.05) is 48.0 Å². The molecule has 1 atom stereocenters. The Morgan fingerprint density at radius 3 is 2.40 bits per heavy atom. The predicted octanol–water partition coefficient (Wildman–Crippen LogP) is 4.98. The highest BCUT2D eigenvalue weighted by atomic mass is 35.5. The van der Waals surface area contributed by atoms with Crippen LogP contribution in [0, 0.1) is 6.92 Å². The van der Waals surface area contributed by atoms with E-state index in [-0.39, 0.29) is 11.8 Å². The van der Waals surface area contributed by atoms with E-state index in [1.165, 1.54) is 0 Å². The van der Waals surface area contributed by atoms with E-state index >= 15 is 0 Å². The minimum atomic E-state index is -0.721. The first-order chi connectivity index (χ1) is 14.4. The zero-order valence-electron chi connectivity index (χ0n) is 16.8. The minimum absolute atomic E-state index is 0.173. The second-order valence-corrected chi connectivity index (χ2v) is 7.34. The molecule has 0 aliphatic rings. The maximum atomic E-state index is 12.4. The van der Waals surface area contributed by atoms with Crippen LogP contribution in [0.25, 0.3) is 0 Å². The van der Waals surface area contributed by atoms with Crippen LogP contribution in [0.4, 0.5) is 5.69 Å². The van der Waals surface area contributed by atoms with Crippen LogP contribution in [0.3, 0.4) is 0 Å². The van der Waals surface area contributed by atoms with Crippen molar-refractivity contribution in [2.75, 3.05) is 5.32 Å². The molecular weight excluding hydrogens is 400 g/mol. The Bertz CT molecular complexity index is 1020. The van der Waals surface area contributed by atoms with Gasteiger partial charge in [-0.25, -0.2) is 0 Å². The van der Waals surface area contributed by atoms with Gasteiger partial charge in [0.1, 0.15) is 5.75 Å².